The average molecular weight is 360 g/mol. The Morgan fingerprint density at radius 2 is 1.81 bits per heavy atom. The van der Waals surface area contributed by atoms with E-state index in [9.17, 15) is 4.79 Å². The van der Waals surface area contributed by atoms with E-state index in [1.54, 1.807) is 0 Å². The summed E-state index contributed by atoms with van der Waals surface area (Å²) >= 11 is 0. The largest absolute Gasteiger partial charge is 0.350 e. The van der Waals surface area contributed by atoms with E-state index in [1.165, 1.54) is 11.1 Å². The summed E-state index contributed by atoms with van der Waals surface area (Å²) in [4.78, 5) is 19.3. The van der Waals surface area contributed by atoms with Crippen LogP contribution in [0, 0.1) is 0 Å². The molecule has 2 heterocycles. The first-order valence-electron chi connectivity index (χ1n) is 9.34. The predicted molar refractivity (Wildman–Crippen MR) is 105 cm³/mol. The third-order valence-corrected chi connectivity index (χ3v) is 5.11. The number of carbonyl (C=O) groups excluding carboxylic acids is 1. The summed E-state index contributed by atoms with van der Waals surface area (Å²) in [5, 5.41) is 2.98. The molecule has 0 radical (unpaired) electrons. The van der Waals surface area contributed by atoms with Crippen LogP contribution in [0.3, 0.4) is 0 Å². The molecule has 138 valence electrons. The Hall–Kier alpha value is -2.92. The van der Waals surface area contributed by atoms with E-state index in [4.69, 9.17) is 0 Å². The van der Waals surface area contributed by atoms with Gasteiger partial charge in [0.15, 0.2) is 0 Å². The molecule has 5 nitrogen and oxygen atoms in total. The SMILES string of the molecule is CN1Cc2nc(C(=O)NCCc3ccccc3)cn2CC1c1ccccc1. The third kappa shape index (κ3) is 3.93. The van der Waals surface area contributed by atoms with Gasteiger partial charge in [0.1, 0.15) is 11.5 Å². The Balaban J connectivity index is 1.41. The zero-order valence-corrected chi connectivity index (χ0v) is 15.5. The second-order valence-electron chi connectivity index (χ2n) is 7.03. The first-order chi connectivity index (χ1) is 13.2. The number of amides is 1. The molecule has 1 atom stereocenters. The summed E-state index contributed by atoms with van der Waals surface area (Å²) in [6.45, 7) is 2.15. The second kappa shape index (κ2) is 7.76. The first-order valence-corrected chi connectivity index (χ1v) is 9.34. The van der Waals surface area contributed by atoms with Gasteiger partial charge in [-0.3, -0.25) is 9.69 Å². The van der Waals surface area contributed by atoms with Gasteiger partial charge in [0.25, 0.3) is 5.91 Å². The molecule has 5 heteroatoms. The summed E-state index contributed by atoms with van der Waals surface area (Å²) in [5.74, 6) is 0.838. The van der Waals surface area contributed by atoms with E-state index in [0.717, 1.165) is 25.3 Å². The molecule has 1 aliphatic rings. The van der Waals surface area contributed by atoms with Crippen LogP contribution in [-0.2, 0) is 19.5 Å². The van der Waals surface area contributed by atoms with Gasteiger partial charge in [-0.05, 0) is 24.6 Å². The Morgan fingerprint density at radius 3 is 2.56 bits per heavy atom. The van der Waals surface area contributed by atoms with Crippen LogP contribution in [0.5, 0.6) is 0 Å². The molecule has 4 rings (SSSR count). The van der Waals surface area contributed by atoms with Crippen LogP contribution in [0.15, 0.2) is 66.9 Å². The molecule has 0 saturated heterocycles. The molecule has 0 spiro atoms. The standard InChI is InChI=1S/C22H24N4O/c1-25-16-21-24-19(22(27)23-13-12-17-8-4-2-5-9-17)14-26(21)15-20(25)18-10-6-3-7-11-18/h2-11,14,20H,12-13,15-16H2,1H3,(H,23,27). The van der Waals surface area contributed by atoms with Gasteiger partial charge >= 0.3 is 0 Å². The molecule has 1 aliphatic heterocycles. The zero-order chi connectivity index (χ0) is 18.6. The van der Waals surface area contributed by atoms with Crippen LogP contribution < -0.4 is 5.32 Å². The number of hydrogen-bond acceptors (Lipinski definition) is 3. The summed E-state index contributed by atoms with van der Waals surface area (Å²) in [6.07, 6.45) is 2.70. The van der Waals surface area contributed by atoms with E-state index >= 15 is 0 Å². The molecule has 1 N–H and O–H groups in total. The van der Waals surface area contributed by atoms with E-state index in [0.29, 0.717) is 18.3 Å². The molecule has 3 aromatic rings. The van der Waals surface area contributed by atoms with Crippen LogP contribution in [0.25, 0.3) is 0 Å². The minimum Gasteiger partial charge on any atom is -0.350 e. The number of hydrogen-bond donors (Lipinski definition) is 1. The van der Waals surface area contributed by atoms with Gasteiger partial charge in [0.05, 0.1) is 12.6 Å². The quantitative estimate of drug-likeness (QED) is 0.761. The Labute approximate surface area is 159 Å². The van der Waals surface area contributed by atoms with Gasteiger partial charge in [0, 0.05) is 19.3 Å². The Kier molecular flexibility index (Phi) is 5.03. The van der Waals surface area contributed by atoms with Crippen molar-refractivity contribution in [1.29, 1.82) is 0 Å². The highest BCUT2D eigenvalue weighted by Gasteiger charge is 2.27. The van der Waals surface area contributed by atoms with E-state index in [2.05, 4.69) is 63.2 Å². The van der Waals surface area contributed by atoms with Gasteiger partial charge in [0.2, 0.25) is 0 Å². The van der Waals surface area contributed by atoms with Crippen molar-refractivity contribution in [1.82, 2.24) is 19.8 Å². The molecule has 1 aromatic heterocycles. The van der Waals surface area contributed by atoms with Crippen molar-refractivity contribution in [3.05, 3.63) is 89.5 Å². The van der Waals surface area contributed by atoms with Crippen LogP contribution in [0.2, 0.25) is 0 Å². The number of rotatable bonds is 5. The number of likely N-dealkylation sites (N-methyl/N-ethyl adjacent to an activating group) is 1. The van der Waals surface area contributed by atoms with E-state index in [1.807, 2.05) is 30.5 Å². The molecule has 0 fully saturated rings. The second-order valence-corrected chi connectivity index (χ2v) is 7.03. The van der Waals surface area contributed by atoms with Gasteiger partial charge in [-0.1, -0.05) is 60.7 Å². The molecule has 1 unspecified atom stereocenters. The summed E-state index contributed by atoms with van der Waals surface area (Å²) in [6, 6.07) is 20.9. The fourth-order valence-electron chi connectivity index (χ4n) is 3.60. The van der Waals surface area contributed by atoms with Gasteiger partial charge in [-0.25, -0.2) is 4.98 Å². The number of aromatic nitrogens is 2. The maximum atomic E-state index is 12.5. The number of benzene rings is 2. The lowest BCUT2D eigenvalue weighted by Gasteiger charge is -2.33. The monoisotopic (exact) mass is 360 g/mol. The lowest BCUT2D eigenvalue weighted by atomic mass is 10.0. The molecule has 0 saturated carbocycles. The molecular weight excluding hydrogens is 336 g/mol. The van der Waals surface area contributed by atoms with E-state index < -0.39 is 0 Å². The number of nitrogens with one attached hydrogen (secondary N) is 1. The van der Waals surface area contributed by atoms with Crippen molar-refractivity contribution in [2.24, 2.45) is 0 Å². The van der Waals surface area contributed by atoms with Crippen LogP contribution in [-0.4, -0.2) is 34.0 Å². The normalized spacial score (nSPS) is 16.7. The fraction of sp³-hybridized carbons (Fsp3) is 0.273. The van der Waals surface area contributed by atoms with Crippen molar-refractivity contribution < 1.29 is 4.79 Å². The van der Waals surface area contributed by atoms with Gasteiger partial charge < -0.3 is 9.88 Å². The average Bonchev–Trinajstić information content (AvgIpc) is 3.12. The van der Waals surface area contributed by atoms with Crippen molar-refractivity contribution in [3.63, 3.8) is 0 Å². The molecule has 2 aromatic carbocycles. The number of imidazole rings is 1. The van der Waals surface area contributed by atoms with Crippen molar-refractivity contribution >= 4 is 5.91 Å². The van der Waals surface area contributed by atoms with Crippen molar-refractivity contribution in [3.8, 4) is 0 Å². The fourth-order valence-corrected chi connectivity index (χ4v) is 3.60. The van der Waals surface area contributed by atoms with Gasteiger partial charge in [-0.2, -0.15) is 0 Å². The third-order valence-electron chi connectivity index (χ3n) is 5.11. The van der Waals surface area contributed by atoms with Crippen LogP contribution >= 0.6 is 0 Å². The highest BCUT2D eigenvalue weighted by Crippen LogP contribution is 2.27. The van der Waals surface area contributed by atoms with Crippen LogP contribution in [0.4, 0.5) is 0 Å². The molecule has 1 amide bonds. The summed E-state index contributed by atoms with van der Waals surface area (Å²) in [5.41, 5.74) is 3.00. The van der Waals surface area contributed by atoms with Gasteiger partial charge in [-0.15, -0.1) is 0 Å². The lowest BCUT2D eigenvalue weighted by Crippen LogP contribution is -2.34. The van der Waals surface area contributed by atoms with E-state index in [-0.39, 0.29) is 5.91 Å². The Bertz CT molecular complexity index is 905. The smallest absolute Gasteiger partial charge is 0.271 e. The maximum absolute atomic E-state index is 12.5. The molecule has 0 bridgehead atoms. The van der Waals surface area contributed by atoms with Crippen molar-refractivity contribution in [2.45, 2.75) is 25.6 Å². The summed E-state index contributed by atoms with van der Waals surface area (Å²) in [7, 11) is 2.11. The zero-order valence-electron chi connectivity index (χ0n) is 15.5. The molecule has 27 heavy (non-hydrogen) atoms. The maximum Gasteiger partial charge on any atom is 0.271 e. The van der Waals surface area contributed by atoms with Crippen LogP contribution in [0.1, 0.15) is 33.5 Å². The summed E-state index contributed by atoms with van der Waals surface area (Å²) < 4.78 is 2.11. The molecular formula is C22H24N4O. The minimum atomic E-state index is -0.105. The first kappa shape index (κ1) is 17.5. The number of carbonyl (C=O) groups is 1. The number of nitrogens with zero attached hydrogens (tertiary/aromatic N) is 3. The Morgan fingerprint density at radius 1 is 1.11 bits per heavy atom. The van der Waals surface area contributed by atoms with Crippen molar-refractivity contribution in [2.75, 3.05) is 13.6 Å². The predicted octanol–water partition coefficient (Wildman–Crippen LogP) is 3.04. The lowest BCUT2D eigenvalue weighted by molar-refractivity contribution is 0.0949. The highest BCUT2D eigenvalue weighted by atomic mass is 16.1. The highest BCUT2D eigenvalue weighted by molar-refractivity contribution is 5.92. The topological polar surface area (TPSA) is 50.2 Å². The number of fused-ring (bicyclic) bond motifs is 1. The minimum absolute atomic E-state index is 0.105. The molecule has 0 aliphatic carbocycles.